The fraction of sp³-hybridized carbons (Fsp3) is 0.333. The van der Waals surface area contributed by atoms with Crippen LogP contribution in [0.25, 0.3) is 11.1 Å². The van der Waals surface area contributed by atoms with Crippen LogP contribution in [0.1, 0.15) is 37.0 Å². The van der Waals surface area contributed by atoms with Gasteiger partial charge < -0.3 is 0 Å². The summed E-state index contributed by atoms with van der Waals surface area (Å²) in [5.74, 6) is 1.21. The Balaban J connectivity index is 1.68. The lowest BCUT2D eigenvalue weighted by molar-refractivity contribution is -0.126. The molecule has 3 rings (SSSR count). The van der Waals surface area contributed by atoms with E-state index in [1.165, 1.54) is 17.3 Å². The number of amides is 1. The third kappa shape index (κ3) is 5.15. The van der Waals surface area contributed by atoms with Gasteiger partial charge in [-0.1, -0.05) is 66.4 Å². The molecule has 26 heavy (non-hydrogen) atoms. The quantitative estimate of drug-likeness (QED) is 0.630. The predicted octanol–water partition coefficient (Wildman–Crippen LogP) is 5.34. The van der Waals surface area contributed by atoms with Crippen molar-refractivity contribution in [1.29, 1.82) is 0 Å². The molecule has 0 aromatic heterocycles. The van der Waals surface area contributed by atoms with Crippen molar-refractivity contribution in [3.63, 3.8) is 0 Å². The van der Waals surface area contributed by atoms with Crippen molar-refractivity contribution in [2.45, 2.75) is 31.4 Å². The van der Waals surface area contributed by atoms with Crippen LogP contribution in [0.2, 0.25) is 0 Å². The molecule has 0 bridgehead atoms. The number of hydrogen-bond donors (Lipinski definition) is 0. The highest BCUT2D eigenvalue weighted by Crippen LogP contribution is 2.35. The monoisotopic (exact) mass is 385 g/mol. The number of hydrogen-bond acceptors (Lipinski definition) is 4. The highest BCUT2D eigenvalue weighted by Gasteiger charge is 2.22. The van der Waals surface area contributed by atoms with E-state index in [0.29, 0.717) is 12.8 Å². The van der Waals surface area contributed by atoms with Gasteiger partial charge in [0.15, 0.2) is 5.12 Å². The topological polar surface area (TPSA) is 37.4 Å². The molecule has 1 atom stereocenters. The Bertz CT molecular complexity index is 740. The van der Waals surface area contributed by atoms with Crippen LogP contribution < -0.4 is 0 Å². The SMILES string of the molecule is CC(=O)SC(CCC(=O)N1CCCS1)c1ccc(-c2ccccc2)cc1. The zero-order valence-corrected chi connectivity index (χ0v) is 16.5. The van der Waals surface area contributed by atoms with E-state index < -0.39 is 0 Å². The molecular weight excluding hydrogens is 362 g/mol. The maximum absolute atomic E-state index is 12.3. The van der Waals surface area contributed by atoms with E-state index in [1.54, 1.807) is 18.9 Å². The van der Waals surface area contributed by atoms with E-state index in [0.717, 1.165) is 29.8 Å². The van der Waals surface area contributed by atoms with Crippen LogP contribution in [0.3, 0.4) is 0 Å². The number of carbonyl (C=O) groups is 2. The lowest BCUT2D eigenvalue weighted by Gasteiger charge is -2.18. The van der Waals surface area contributed by atoms with Crippen LogP contribution in [0, 0.1) is 0 Å². The summed E-state index contributed by atoms with van der Waals surface area (Å²) in [4.78, 5) is 24.0. The maximum atomic E-state index is 12.3. The molecule has 2 aromatic carbocycles. The minimum absolute atomic E-state index is 0.0221. The van der Waals surface area contributed by atoms with Crippen molar-refractivity contribution >= 4 is 34.7 Å². The van der Waals surface area contributed by atoms with Crippen LogP contribution in [0.5, 0.6) is 0 Å². The number of nitrogens with zero attached hydrogens (tertiary/aromatic N) is 1. The molecule has 1 unspecified atom stereocenters. The summed E-state index contributed by atoms with van der Waals surface area (Å²) in [5, 5.41) is 0.110. The van der Waals surface area contributed by atoms with Crippen molar-refractivity contribution in [2.24, 2.45) is 0 Å². The highest BCUT2D eigenvalue weighted by molar-refractivity contribution is 8.13. The van der Waals surface area contributed by atoms with Crippen LogP contribution in [0.15, 0.2) is 54.6 Å². The minimum atomic E-state index is 0.0221. The third-order valence-corrected chi connectivity index (χ3v) is 6.64. The van der Waals surface area contributed by atoms with Gasteiger partial charge in [0, 0.05) is 30.9 Å². The molecule has 2 aromatic rings. The van der Waals surface area contributed by atoms with Gasteiger partial charge in [0.25, 0.3) is 0 Å². The number of rotatable bonds is 6. The van der Waals surface area contributed by atoms with Crippen LogP contribution in [-0.2, 0) is 9.59 Å². The first kappa shape index (κ1) is 19.1. The van der Waals surface area contributed by atoms with E-state index >= 15 is 0 Å². The molecule has 0 saturated carbocycles. The molecule has 1 fully saturated rings. The van der Waals surface area contributed by atoms with Crippen molar-refractivity contribution in [3.8, 4) is 11.1 Å². The number of carbonyl (C=O) groups excluding carboxylic acids is 2. The molecule has 1 aliphatic rings. The number of thioether (sulfide) groups is 1. The fourth-order valence-electron chi connectivity index (χ4n) is 3.04. The third-order valence-electron chi connectivity index (χ3n) is 4.35. The van der Waals surface area contributed by atoms with Gasteiger partial charge in [0.2, 0.25) is 5.91 Å². The van der Waals surface area contributed by atoms with Gasteiger partial charge in [-0.15, -0.1) is 0 Å². The maximum Gasteiger partial charge on any atom is 0.232 e. The fourth-order valence-corrected chi connectivity index (χ4v) is 4.94. The summed E-state index contributed by atoms with van der Waals surface area (Å²) in [5.41, 5.74) is 3.44. The minimum Gasteiger partial charge on any atom is -0.288 e. The van der Waals surface area contributed by atoms with Gasteiger partial charge in [-0.05, 0) is 41.5 Å². The second kappa shape index (κ2) is 9.28. The summed E-state index contributed by atoms with van der Waals surface area (Å²) < 4.78 is 1.87. The van der Waals surface area contributed by atoms with E-state index in [2.05, 4.69) is 36.4 Å². The molecule has 5 heteroatoms. The van der Waals surface area contributed by atoms with Crippen molar-refractivity contribution in [1.82, 2.24) is 4.31 Å². The summed E-state index contributed by atoms with van der Waals surface area (Å²) in [6.07, 6.45) is 2.24. The standard InChI is InChI=1S/C21H23NO2S2/c1-16(23)26-20(12-13-21(24)22-14-5-15-25-22)19-10-8-18(9-11-19)17-6-3-2-4-7-17/h2-4,6-11,20H,5,12-15H2,1H3. The highest BCUT2D eigenvalue weighted by atomic mass is 32.2. The van der Waals surface area contributed by atoms with Crippen molar-refractivity contribution in [2.75, 3.05) is 12.3 Å². The molecule has 1 amide bonds. The molecule has 0 spiro atoms. The van der Waals surface area contributed by atoms with Gasteiger partial charge in [0.05, 0.1) is 0 Å². The van der Waals surface area contributed by atoms with Crippen LogP contribution >= 0.6 is 23.7 Å². The van der Waals surface area contributed by atoms with Crippen LogP contribution in [-0.4, -0.2) is 27.6 Å². The van der Waals surface area contributed by atoms with Gasteiger partial charge in [0.1, 0.15) is 0 Å². The Morgan fingerprint density at radius 1 is 1.08 bits per heavy atom. The normalized spacial score (nSPS) is 15.0. The molecule has 136 valence electrons. The van der Waals surface area contributed by atoms with E-state index in [9.17, 15) is 9.59 Å². The molecule has 0 N–H and O–H groups in total. The largest absolute Gasteiger partial charge is 0.288 e. The van der Waals surface area contributed by atoms with Crippen LogP contribution in [0.4, 0.5) is 0 Å². The van der Waals surface area contributed by atoms with E-state index in [-0.39, 0.29) is 16.3 Å². The lowest BCUT2D eigenvalue weighted by Crippen LogP contribution is -2.21. The zero-order chi connectivity index (χ0) is 18.4. The first-order chi connectivity index (χ1) is 12.6. The Hall–Kier alpha value is -1.72. The summed E-state index contributed by atoms with van der Waals surface area (Å²) in [7, 11) is 0. The Morgan fingerprint density at radius 3 is 2.38 bits per heavy atom. The molecule has 3 nitrogen and oxygen atoms in total. The van der Waals surface area contributed by atoms with Crippen molar-refractivity contribution in [3.05, 3.63) is 60.2 Å². The van der Waals surface area contributed by atoms with Gasteiger partial charge in [-0.2, -0.15) is 0 Å². The Labute approximate surface area is 163 Å². The zero-order valence-electron chi connectivity index (χ0n) is 14.9. The van der Waals surface area contributed by atoms with E-state index in [4.69, 9.17) is 0 Å². The predicted molar refractivity (Wildman–Crippen MR) is 111 cm³/mol. The van der Waals surface area contributed by atoms with Gasteiger partial charge in [-0.25, -0.2) is 0 Å². The summed E-state index contributed by atoms with van der Waals surface area (Å²) in [6.45, 7) is 2.44. The summed E-state index contributed by atoms with van der Waals surface area (Å²) in [6, 6.07) is 18.6. The average molecular weight is 386 g/mol. The van der Waals surface area contributed by atoms with E-state index in [1.807, 2.05) is 22.5 Å². The molecule has 1 saturated heterocycles. The molecule has 0 aliphatic carbocycles. The summed E-state index contributed by atoms with van der Waals surface area (Å²) >= 11 is 2.94. The lowest BCUT2D eigenvalue weighted by atomic mass is 10.0. The first-order valence-electron chi connectivity index (χ1n) is 8.89. The second-order valence-electron chi connectivity index (χ2n) is 6.31. The molecule has 1 heterocycles. The molecule has 1 aliphatic heterocycles. The first-order valence-corrected chi connectivity index (χ1v) is 10.7. The van der Waals surface area contributed by atoms with Gasteiger partial charge in [-0.3, -0.25) is 13.9 Å². The molecular formula is C21H23NO2S2. The van der Waals surface area contributed by atoms with Gasteiger partial charge >= 0.3 is 0 Å². The Kier molecular flexibility index (Phi) is 6.80. The smallest absolute Gasteiger partial charge is 0.232 e. The average Bonchev–Trinajstić information content (AvgIpc) is 3.20. The second-order valence-corrected chi connectivity index (χ2v) is 8.79. The Morgan fingerprint density at radius 2 is 1.77 bits per heavy atom. The number of benzene rings is 2. The molecule has 0 radical (unpaired) electrons. The van der Waals surface area contributed by atoms with Crippen molar-refractivity contribution < 1.29 is 9.59 Å².